The number of hydrogen-bond donors (Lipinski definition) is 1. The van der Waals surface area contributed by atoms with Gasteiger partial charge >= 0.3 is 0 Å². The summed E-state index contributed by atoms with van der Waals surface area (Å²) in [6.45, 7) is 4.95. The summed E-state index contributed by atoms with van der Waals surface area (Å²) in [6.07, 6.45) is 11.3. The van der Waals surface area contributed by atoms with Crippen molar-refractivity contribution in [3.8, 4) is 12.3 Å². The van der Waals surface area contributed by atoms with Crippen LogP contribution in [0.4, 0.5) is 5.82 Å². The van der Waals surface area contributed by atoms with E-state index < -0.39 is 0 Å². The quantitative estimate of drug-likeness (QED) is 0.832. The summed E-state index contributed by atoms with van der Waals surface area (Å²) in [5, 5.41) is 0. The fourth-order valence-electron chi connectivity index (χ4n) is 3.05. The summed E-state index contributed by atoms with van der Waals surface area (Å²) in [6, 6.07) is 0. The number of aromatic nitrogens is 2. The lowest BCUT2D eigenvalue weighted by molar-refractivity contribution is 0.341. The minimum Gasteiger partial charge on any atom is -0.384 e. The molecule has 0 saturated heterocycles. The average Bonchev–Trinajstić information content (AvgIpc) is 2.67. The Morgan fingerprint density at radius 2 is 2.28 bits per heavy atom. The maximum Gasteiger partial charge on any atom is 0.127 e. The lowest BCUT2D eigenvalue weighted by Crippen LogP contribution is -2.14. The molecule has 2 rings (SSSR count). The van der Waals surface area contributed by atoms with E-state index in [0.29, 0.717) is 12.5 Å². The number of imidazole rings is 1. The zero-order chi connectivity index (χ0) is 13.1. The topological polar surface area (TPSA) is 43.8 Å². The SMILES string of the molecule is C#CCn1c(CC)nc(C2CCCC(C)C2)c1N. The maximum absolute atomic E-state index is 6.25. The van der Waals surface area contributed by atoms with Gasteiger partial charge in [-0.2, -0.15) is 0 Å². The number of anilines is 1. The van der Waals surface area contributed by atoms with Crippen molar-refractivity contribution in [3.05, 3.63) is 11.5 Å². The Labute approximate surface area is 110 Å². The molecule has 0 aromatic carbocycles. The summed E-state index contributed by atoms with van der Waals surface area (Å²) < 4.78 is 1.99. The molecule has 2 unspecified atom stereocenters. The van der Waals surface area contributed by atoms with Crippen molar-refractivity contribution in [2.75, 3.05) is 5.73 Å². The molecule has 18 heavy (non-hydrogen) atoms. The van der Waals surface area contributed by atoms with E-state index in [4.69, 9.17) is 17.1 Å². The smallest absolute Gasteiger partial charge is 0.127 e. The van der Waals surface area contributed by atoms with E-state index >= 15 is 0 Å². The highest BCUT2D eigenvalue weighted by atomic mass is 15.1. The third-order valence-electron chi connectivity index (χ3n) is 4.00. The van der Waals surface area contributed by atoms with Crippen LogP contribution in [0, 0.1) is 18.3 Å². The minimum absolute atomic E-state index is 0.526. The number of aryl methyl sites for hydroxylation is 1. The van der Waals surface area contributed by atoms with Crippen LogP contribution < -0.4 is 5.73 Å². The van der Waals surface area contributed by atoms with Crippen molar-refractivity contribution in [2.45, 2.75) is 58.4 Å². The first kappa shape index (κ1) is 13.0. The van der Waals surface area contributed by atoms with Gasteiger partial charge in [0.05, 0.1) is 12.2 Å². The molecule has 1 aromatic heterocycles. The predicted octanol–water partition coefficient (Wildman–Crippen LogP) is 2.95. The molecule has 1 heterocycles. The van der Waals surface area contributed by atoms with Crippen LogP contribution in [0.2, 0.25) is 0 Å². The highest BCUT2D eigenvalue weighted by molar-refractivity contribution is 5.41. The Morgan fingerprint density at radius 1 is 1.50 bits per heavy atom. The van der Waals surface area contributed by atoms with Gasteiger partial charge in [0.15, 0.2) is 0 Å². The van der Waals surface area contributed by atoms with Crippen molar-refractivity contribution in [3.63, 3.8) is 0 Å². The van der Waals surface area contributed by atoms with Gasteiger partial charge in [-0.3, -0.25) is 0 Å². The van der Waals surface area contributed by atoms with Gasteiger partial charge in [0, 0.05) is 12.3 Å². The molecule has 1 aliphatic rings. The molecule has 1 fully saturated rings. The van der Waals surface area contributed by atoms with Gasteiger partial charge in [0.25, 0.3) is 0 Å². The van der Waals surface area contributed by atoms with Gasteiger partial charge in [-0.1, -0.05) is 32.6 Å². The normalized spacial score (nSPS) is 23.8. The average molecular weight is 245 g/mol. The number of hydrogen-bond acceptors (Lipinski definition) is 2. The number of nitrogens with two attached hydrogens (primary N) is 1. The van der Waals surface area contributed by atoms with Crippen LogP contribution in [-0.4, -0.2) is 9.55 Å². The lowest BCUT2D eigenvalue weighted by Gasteiger charge is -2.25. The Balaban J connectivity index is 2.30. The fourth-order valence-corrected chi connectivity index (χ4v) is 3.05. The Kier molecular flexibility index (Phi) is 3.96. The maximum atomic E-state index is 6.25. The second-order valence-corrected chi connectivity index (χ2v) is 5.41. The van der Waals surface area contributed by atoms with E-state index in [-0.39, 0.29) is 0 Å². The molecule has 1 saturated carbocycles. The number of rotatable bonds is 3. The zero-order valence-electron chi connectivity index (χ0n) is 11.4. The molecular formula is C15H23N3. The summed E-state index contributed by atoms with van der Waals surface area (Å²) in [5.41, 5.74) is 7.34. The Morgan fingerprint density at radius 3 is 2.89 bits per heavy atom. The molecule has 0 aliphatic heterocycles. The number of terminal acetylenes is 1. The van der Waals surface area contributed by atoms with Crippen molar-refractivity contribution in [2.24, 2.45) is 5.92 Å². The summed E-state index contributed by atoms with van der Waals surface area (Å²) in [4.78, 5) is 4.75. The van der Waals surface area contributed by atoms with E-state index in [1.54, 1.807) is 0 Å². The third-order valence-corrected chi connectivity index (χ3v) is 4.00. The van der Waals surface area contributed by atoms with E-state index in [1.807, 2.05) is 4.57 Å². The van der Waals surface area contributed by atoms with Gasteiger partial charge in [0.1, 0.15) is 11.6 Å². The van der Waals surface area contributed by atoms with Crippen LogP contribution in [0.3, 0.4) is 0 Å². The van der Waals surface area contributed by atoms with Crippen LogP contribution >= 0.6 is 0 Å². The van der Waals surface area contributed by atoms with Crippen LogP contribution in [-0.2, 0) is 13.0 Å². The Hall–Kier alpha value is -1.43. The van der Waals surface area contributed by atoms with Crippen LogP contribution in [0.15, 0.2) is 0 Å². The first-order valence-corrected chi connectivity index (χ1v) is 6.95. The van der Waals surface area contributed by atoms with Crippen LogP contribution in [0.5, 0.6) is 0 Å². The summed E-state index contributed by atoms with van der Waals surface area (Å²) in [7, 11) is 0. The summed E-state index contributed by atoms with van der Waals surface area (Å²) in [5.74, 6) is 5.80. The number of nitrogens with zero attached hydrogens (tertiary/aromatic N) is 2. The number of nitrogen functional groups attached to an aromatic ring is 1. The largest absolute Gasteiger partial charge is 0.384 e. The molecule has 1 aromatic rings. The highest BCUT2D eigenvalue weighted by Crippen LogP contribution is 2.38. The molecule has 98 valence electrons. The Bertz CT molecular complexity index is 453. The van der Waals surface area contributed by atoms with Crippen molar-refractivity contribution in [1.82, 2.24) is 9.55 Å². The highest BCUT2D eigenvalue weighted by Gasteiger charge is 2.26. The molecule has 3 heteroatoms. The van der Waals surface area contributed by atoms with Gasteiger partial charge in [0.2, 0.25) is 0 Å². The third kappa shape index (κ3) is 2.38. The van der Waals surface area contributed by atoms with Crippen molar-refractivity contribution in [1.29, 1.82) is 0 Å². The van der Waals surface area contributed by atoms with E-state index in [1.165, 1.54) is 25.7 Å². The van der Waals surface area contributed by atoms with Gasteiger partial charge in [-0.15, -0.1) is 6.42 Å². The molecular weight excluding hydrogens is 222 g/mol. The molecule has 0 amide bonds. The molecule has 0 bridgehead atoms. The molecule has 0 spiro atoms. The molecule has 2 atom stereocenters. The summed E-state index contributed by atoms with van der Waals surface area (Å²) >= 11 is 0. The fraction of sp³-hybridized carbons (Fsp3) is 0.667. The molecule has 0 radical (unpaired) electrons. The predicted molar refractivity (Wildman–Crippen MR) is 75.2 cm³/mol. The second-order valence-electron chi connectivity index (χ2n) is 5.41. The van der Waals surface area contributed by atoms with Gasteiger partial charge in [-0.25, -0.2) is 4.98 Å². The van der Waals surface area contributed by atoms with Crippen LogP contribution in [0.25, 0.3) is 0 Å². The lowest BCUT2D eigenvalue weighted by atomic mass is 9.81. The first-order chi connectivity index (χ1) is 8.67. The molecule has 3 nitrogen and oxygen atoms in total. The molecule has 1 aliphatic carbocycles. The first-order valence-electron chi connectivity index (χ1n) is 6.95. The van der Waals surface area contributed by atoms with Gasteiger partial charge < -0.3 is 10.3 Å². The standard InChI is InChI=1S/C15H23N3/c1-4-9-18-13(5-2)17-14(15(18)16)12-8-6-7-11(3)10-12/h1,11-12H,5-10,16H2,2-3H3. The van der Waals surface area contributed by atoms with Crippen molar-refractivity contribution >= 4 is 5.82 Å². The minimum atomic E-state index is 0.526. The van der Waals surface area contributed by atoms with Crippen LogP contribution in [0.1, 0.15) is 57.0 Å². The molecule has 2 N–H and O–H groups in total. The zero-order valence-corrected chi connectivity index (χ0v) is 11.4. The van der Waals surface area contributed by atoms with E-state index in [2.05, 4.69) is 19.8 Å². The van der Waals surface area contributed by atoms with Crippen molar-refractivity contribution < 1.29 is 0 Å². The second kappa shape index (κ2) is 5.48. The van der Waals surface area contributed by atoms with E-state index in [9.17, 15) is 0 Å². The monoisotopic (exact) mass is 245 g/mol. The van der Waals surface area contributed by atoms with Gasteiger partial charge in [-0.05, 0) is 18.8 Å². The van der Waals surface area contributed by atoms with E-state index in [0.717, 1.165) is 29.7 Å².